The van der Waals surface area contributed by atoms with E-state index in [0.29, 0.717) is 5.56 Å². The topological polar surface area (TPSA) is 61.7 Å². The Bertz CT molecular complexity index is 606. The average molecular weight is 282 g/mol. The molecule has 2 rings (SSSR count). The van der Waals surface area contributed by atoms with Gasteiger partial charge in [-0.3, -0.25) is 4.79 Å². The summed E-state index contributed by atoms with van der Waals surface area (Å²) in [6, 6.07) is 16.6. The third-order valence-corrected chi connectivity index (χ3v) is 3.14. The van der Waals surface area contributed by atoms with Crippen molar-refractivity contribution >= 4 is 12.1 Å². The number of nitrogens with zero attached hydrogens (tertiary/aromatic N) is 1. The molecule has 0 saturated heterocycles. The van der Waals surface area contributed by atoms with Gasteiger partial charge in [-0.25, -0.2) is 5.43 Å². The van der Waals surface area contributed by atoms with Crippen LogP contribution in [0.1, 0.15) is 29.7 Å². The van der Waals surface area contributed by atoms with Crippen molar-refractivity contribution in [2.75, 3.05) is 0 Å². The zero-order chi connectivity index (χ0) is 15.1. The zero-order valence-corrected chi connectivity index (χ0v) is 11.9. The molecular formula is C17H18N2O2. The summed E-state index contributed by atoms with van der Waals surface area (Å²) in [4.78, 5) is 11.8. The predicted molar refractivity (Wildman–Crippen MR) is 83.0 cm³/mol. The van der Waals surface area contributed by atoms with E-state index >= 15 is 0 Å². The van der Waals surface area contributed by atoms with Crippen LogP contribution in [0, 0.1) is 0 Å². The number of nitrogens with one attached hydrogen (secondary N) is 1. The number of amides is 1. The Morgan fingerprint density at radius 1 is 1.19 bits per heavy atom. The fourth-order valence-electron chi connectivity index (χ4n) is 1.86. The normalized spacial score (nSPS) is 12.3. The lowest BCUT2D eigenvalue weighted by molar-refractivity contribution is -0.129. The molecule has 0 heterocycles. The summed E-state index contributed by atoms with van der Waals surface area (Å²) in [5.41, 5.74) is 5.01. The Balaban J connectivity index is 1.92. The minimum Gasteiger partial charge on any atom is -0.378 e. The van der Waals surface area contributed by atoms with Gasteiger partial charge in [0, 0.05) is 0 Å². The Kier molecular flexibility index (Phi) is 5.23. The van der Waals surface area contributed by atoms with Crippen molar-refractivity contribution < 1.29 is 9.90 Å². The summed E-state index contributed by atoms with van der Waals surface area (Å²) in [7, 11) is 0. The SMILES string of the molecule is CCc1ccc(C=NNC(=O)C(O)c2ccccc2)cc1. The summed E-state index contributed by atoms with van der Waals surface area (Å²) >= 11 is 0. The number of hydrogen-bond donors (Lipinski definition) is 2. The van der Waals surface area contributed by atoms with Gasteiger partial charge in [0.15, 0.2) is 6.10 Å². The van der Waals surface area contributed by atoms with E-state index in [1.165, 1.54) is 5.56 Å². The Morgan fingerprint density at radius 3 is 2.48 bits per heavy atom. The van der Waals surface area contributed by atoms with Crippen molar-refractivity contribution in [3.05, 3.63) is 71.3 Å². The molecule has 1 atom stereocenters. The summed E-state index contributed by atoms with van der Waals surface area (Å²) < 4.78 is 0. The highest BCUT2D eigenvalue weighted by atomic mass is 16.3. The number of benzene rings is 2. The van der Waals surface area contributed by atoms with E-state index in [4.69, 9.17) is 0 Å². The van der Waals surface area contributed by atoms with Crippen LogP contribution in [0.4, 0.5) is 0 Å². The van der Waals surface area contributed by atoms with E-state index < -0.39 is 12.0 Å². The van der Waals surface area contributed by atoms with Crippen molar-refractivity contribution in [2.45, 2.75) is 19.4 Å². The lowest BCUT2D eigenvalue weighted by atomic mass is 10.1. The maximum absolute atomic E-state index is 11.8. The molecule has 0 aliphatic carbocycles. The molecule has 2 N–H and O–H groups in total. The van der Waals surface area contributed by atoms with Crippen LogP contribution in [0.3, 0.4) is 0 Å². The van der Waals surface area contributed by atoms with Crippen LogP contribution in [0.2, 0.25) is 0 Å². The van der Waals surface area contributed by atoms with E-state index in [1.54, 1.807) is 30.5 Å². The first-order valence-electron chi connectivity index (χ1n) is 6.85. The van der Waals surface area contributed by atoms with Gasteiger partial charge >= 0.3 is 0 Å². The maximum atomic E-state index is 11.8. The van der Waals surface area contributed by atoms with Gasteiger partial charge in [0.2, 0.25) is 0 Å². The van der Waals surface area contributed by atoms with Gasteiger partial charge < -0.3 is 5.11 Å². The van der Waals surface area contributed by atoms with Crippen LogP contribution in [0.5, 0.6) is 0 Å². The number of carbonyl (C=O) groups excluding carboxylic acids is 1. The molecule has 0 aliphatic rings. The molecule has 4 heteroatoms. The molecule has 0 radical (unpaired) electrons. The third-order valence-electron chi connectivity index (χ3n) is 3.14. The number of carbonyl (C=O) groups is 1. The van der Waals surface area contributed by atoms with E-state index in [-0.39, 0.29) is 0 Å². The van der Waals surface area contributed by atoms with Crippen molar-refractivity contribution in [1.29, 1.82) is 0 Å². The average Bonchev–Trinajstić information content (AvgIpc) is 2.55. The fraction of sp³-hybridized carbons (Fsp3) is 0.176. The van der Waals surface area contributed by atoms with Crippen LogP contribution in [0.15, 0.2) is 59.7 Å². The molecule has 0 aromatic heterocycles. The second kappa shape index (κ2) is 7.36. The molecule has 0 aliphatic heterocycles. The number of hydrogen-bond acceptors (Lipinski definition) is 3. The smallest absolute Gasteiger partial charge is 0.273 e. The van der Waals surface area contributed by atoms with Crippen molar-refractivity contribution in [3.63, 3.8) is 0 Å². The predicted octanol–water partition coefficient (Wildman–Crippen LogP) is 2.43. The molecule has 0 saturated carbocycles. The molecule has 4 nitrogen and oxygen atoms in total. The van der Waals surface area contributed by atoms with Crippen molar-refractivity contribution in [3.8, 4) is 0 Å². The lowest BCUT2D eigenvalue weighted by Gasteiger charge is -2.08. The first-order chi connectivity index (χ1) is 10.2. The van der Waals surface area contributed by atoms with Gasteiger partial charge in [-0.05, 0) is 23.1 Å². The quantitative estimate of drug-likeness (QED) is 0.653. The van der Waals surface area contributed by atoms with Crippen LogP contribution < -0.4 is 5.43 Å². The zero-order valence-electron chi connectivity index (χ0n) is 11.9. The number of aliphatic hydroxyl groups excluding tert-OH is 1. The molecule has 0 spiro atoms. The van der Waals surface area contributed by atoms with Gasteiger partial charge in [0.25, 0.3) is 5.91 Å². The largest absolute Gasteiger partial charge is 0.378 e. The standard InChI is InChI=1S/C17H18N2O2/c1-2-13-8-10-14(11-9-13)12-18-19-17(21)16(20)15-6-4-3-5-7-15/h3-12,16,20H,2H2,1H3,(H,19,21). The van der Waals surface area contributed by atoms with E-state index in [0.717, 1.165) is 12.0 Å². The molecule has 1 amide bonds. The Hall–Kier alpha value is -2.46. The lowest BCUT2D eigenvalue weighted by Crippen LogP contribution is -2.25. The summed E-state index contributed by atoms with van der Waals surface area (Å²) in [5, 5.41) is 13.7. The monoisotopic (exact) mass is 282 g/mol. The number of aliphatic hydroxyl groups is 1. The Morgan fingerprint density at radius 2 is 1.86 bits per heavy atom. The Labute approximate surface area is 124 Å². The first kappa shape index (κ1) is 14.9. The van der Waals surface area contributed by atoms with Gasteiger partial charge in [-0.15, -0.1) is 0 Å². The second-order valence-corrected chi connectivity index (χ2v) is 4.64. The van der Waals surface area contributed by atoms with E-state index in [2.05, 4.69) is 17.5 Å². The molecule has 21 heavy (non-hydrogen) atoms. The molecule has 2 aromatic rings. The van der Waals surface area contributed by atoms with Crippen molar-refractivity contribution in [1.82, 2.24) is 5.43 Å². The highest BCUT2D eigenvalue weighted by Gasteiger charge is 2.15. The van der Waals surface area contributed by atoms with Crippen LogP contribution in [-0.2, 0) is 11.2 Å². The summed E-state index contributed by atoms with van der Waals surface area (Å²) in [5.74, 6) is -0.553. The van der Waals surface area contributed by atoms with Gasteiger partial charge in [-0.2, -0.15) is 5.10 Å². The number of rotatable bonds is 5. The maximum Gasteiger partial charge on any atom is 0.273 e. The molecule has 0 fully saturated rings. The molecular weight excluding hydrogens is 264 g/mol. The number of aryl methyl sites for hydroxylation is 1. The van der Waals surface area contributed by atoms with Crippen molar-refractivity contribution in [2.24, 2.45) is 5.10 Å². The van der Waals surface area contributed by atoms with E-state index in [9.17, 15) is 9.90 Å². The highest BCUT2D eigenvalue weighted by molar-refractivity contribution is 5.84. The van der Waals surface area contributed by atoms with Gasteiger partial charge in [0.05, 0.1) is 6.21 Å². The second-order valence-electron chi connectivity index (χ2n) is 4.64. The number of hydrazone groups is 1. The van der Waals surface area contributed by atoms with Crippen LogP contribution in [0.25, 0.3) is 0 Å². The molecule has 1 unspecified atom stereocenters. The molecule has 0 bridgehead atoms. The summed E-state index contributed by atoms with van der Waals surface area (Å²) in [6.07, 6.45) is 1.32. The molecule has 2 aromatic carbocycles. The van der Waals surface area contributed by atoms with Gasteiger partial charge in [0.1, 0.15) is 0 Å². The molecule has 108 valence electrons. The fourth-order valence-corrected chi connectivity index (χ4v) is 1.86. The first-order valence-corrected chi connectivity index (χ1v) is 6.85. The minimum atomic E-state index is -1.22. The van der Waals surface area contributed by atoms with Crippen LogP contribution >= 0.6 is 0 Å². The van der Waals surface area contributed by atoms with Gasteiger partial charge in [-0.1, -0.05) is 61.5 Å². The van der Waals surface area contributed by atoms with E-state index in [1.807, 2.05) is 30.3 Å². The minimum absolute atomic E-state index is 0.539. The third kappa shape index (κ3) is 4.26. The summed E-state index contributed by atoms with van der Waals surface area (Å²) in [6.45, 7) is 2.09. The van der Waals surface area contributed by atoms with Crippen LogP contribution in [-0.4, -0.2) is 17.2 Å². The highest BCUT2D eigenvalue weighted by Crippen LogP contribution is 2.11.